The molecule has 0 unspecified atom stereocenters. The number of rotatable bonds is 9. The summed E-state index contributed by atoms with van der Waals surface area (Å²) in [6.45, 7) is 3.62. The molecule has 0 saturated carbocycles. The fraction of sp³-hybridized carbons (Fsp3) is 0.471. The Bertz CT molecular complexity index is 710. The van der Waals surface area contributed by atoms with Gasteiger partial charge in [0.25, 0.3) is 0 Å². The zero-order valence-corrected chi connectivity index (χ0v) is 17.7. The van der Waals surface area contributed by atoms with E-state index in [1.807, 2.05) is 24.5 Å². The number of benzene rings is 1. The van der Waals surface area contributed by atoms with Crippen molar-refractivity contribution in [2.24, 2.45) is 4.99 Å². The Morgan fingerprint density at radius 3 is 2.81 bits per heavy atom. The van der Waals surface area contributed by atoms with Gasteiger partial charge in [-0.25, -0.2) is 4.99 Å². The number of aliphatic imine (C=N–C) groups is 1. The molecule has 0 radical (unpaired) electrons. The summed E-state index contributed by atoms with van der Waals surface area (Å²) >= 11 is 0. The van der Waals surface area contributed by atoms with Gasteiger partial charge in [-0.1, -0.05) is 19.1 Å². The van der Waals surface area contributed by atoms with Crippen LogP contribution in [0.1, 0.15) is 25.2 Å². The highest BCUT2D eigenvalue weighted by Crippen LogP contribution is 2.16. The van der Waals surface area contributed by atoms with Crippen molar-refractivity contribution in [3.63, 3.8) is 0 Å². The van der Waals surface area contributed by atoms with Crippen LogP contribution in [0.3, 0.4) is 0 Å². The molecule has 10 heteroatoms. The molecule has 0 fully saturated rings. The van der Waals surface area contributed by atoms with Crippen molar-refractivity contribution < 1.29 is 13.5 Å². The maximum atomic E-state index is 12.3. The van der Waals surface area contributed by atoms with Gasteiger partial charge in [0, 0.05) is 26.1 Å². The van der Waals surface area contributed by atoms with E-state index in [0.29, 0.717) is 25.6 Å². The monoisotopic (exact) mass is 494 g/mol. The first-order valence-electron chi connectivity index (χ1n) is 8.55. The zero-order chi connectivity index (χ0) is 18.8. The lowest BCUT2D eigenvalue weighted by molar-refractivity contribution is -0.0498. The molecule has 2 N–H and O–H groups in total. The fourth-order valence-corrected chi connectivity index (χ4v) is 2.37. The molecule has 0 aliphatic carbocycles. The number of hydrogen-bond acceptors (Lipinski definition) is 4. The summed E-state index contributed by atoms with van der Waals surface area (Å²) in [5, 5.41) is 14.3. The van der Waals surface area contributed by atoms with Crippen molar-refractivity contribution in [1.82, 2.24) is 25.4 Å². The summed E-state index contributed by atoms with van der Waals surface area (Å²) in [5.74, 6) is 1.72. The van der Waals surface area contributed by atoms with Gasteiger partial charge in [0.1, 0.15) is 17.9 Å². The van der Waals surface area contributed by atoms with Crippen LogP contribution in [0, 0.1) is 0 Å². The minimum absolute atomic E-state index is 0. The molecule has 7 nitrogen and oxygen atoms in total. The second-order valence-electron chi connectivity index (χ2n) is 5.44. The molecule has 2 rings (SSSR count). The van der Waals surface area contributed by atoms with E-state index < -0.39 is 6.61 Å². The molecule has 0 atom stereocenters. The molecule has 1 aromatic heterocycles. The maximum Gasteiger partial charge on any atom is 0.387 e. The van der Waals surface area contributed by atoms with E-state index in [-0.39, 0.29) is 29.7 Å². The number of nitrogens with zero attached hydrogens (tertiary/aromatic N) is 4. The Kier molecular flexibility index (Phi) is 10.6. The van der Waals surface area contributed by atoms with Crippen LogP contribution in [-0.2, 0) is 19.5 Å². The van der Waals surface area contributed by atoms with Gasteiger partial charge in [0.05, 0.1) is 6.54 Å². The summed E-state index contributed by atoms with van der Waals surface area (Å²) in [6, 6.07) is 6.54. The topological polar surface area (TPSA) is 76.4 Å². The van der Waals surface area contributed by atoms with Gasteiger partial charge in [0.15, 0.2) is 5.96 Å². The predicted octanol–water partition coefficient (Wildman–Crippen LogP) is 2.82. The molecule has 0 amide bonds. The van der Waals surface area contributed by atoms with Crippen molar-refractivity contribution in [2.45, 2.75) is 40.0 Å². The third-order valence-corrected chi connectivity index (χ3v) is 3.54. The highest BCUT2D eigenvalue weighted by atomic mass is 127. The normalized spacial score (nSPS) is 11.2. The molecular formula is C17H25F2IN6O. The van der Waals surface area contributed by atoms with Crippen molar-refractivity contribution in [1.29, 1.82) is 0 Å². The molecule has 1 aromatic carbocycles. The Hall–Kier alpha value is -1.98. The lowest BCUT2D eigenvalue weighted by Crippen LogP contribution is -2.38. The maximum absolute atomic E-state index is 12.3. The second kappa shape index (κ2) is 12.4. The molecule has 150 valence electrons. The standard InChI is InChI=1S/C17H24F2N6O.HI/c1-3-15-24-23-12-25(15)9-8-21-17(20-4-2)22-11-13-6-5-7-14(10-13)26-16(18)19;/h5-7,10,12,16H,3-4,8-9,11H2,1-2H3,(H2,20,21,22);1H. The number of hydrogen-bond donors (Lipinski definition) is 2. The van der Waals surface area contributed by atoms with E-state index in [2.05, 4.69) is 30.6 Å². The number of nitrogens with one attached hydrogen (secondary N) is 2. The van der Waals surface area contributed by atoms with Crippen LogP contribution in [0.15, 0.2) is 35.6 Å². The average molecular weight is 494 g/mol. The quantitative estimate of drug-likeness (QED) is 0.319. The number of alkyl halides is 2. The first-order valence-corrected chi connectivity index (χ1v) is 8.55. The van der Waals surface area contributed by atoms with Crippen molar-refractivity contribution >= 4 is 29.9 Å². The summed E-state index contributed by atoms with van der Waals surface area (Å²) in [7, 11) is 0. The lowest BCUT2D eigenvalue weighted by Gasteiger charge is -2.12. The van der Waals surface area contributed by atoms with Crippen LogP contribution >= 0.6 is 24.0 Å². The first-order chi connectivity index (χ1) is 12.6. The van der Waals surface area contributed by atoms with Crippen LogP contribution in [-0.4, -0.2) is 40.4 Å². The largest absolute Gasteiger partial charge is 0.435 e. The molecular weight excluding hydrogens is 469 g/mol. The smallest absolute Gasteiger partial charge is 0.387 e. The van der Waals surface area contributed by atoms with E-state index in [4.69, 9.17) is 0 Å². The average Bonchev–Trinajstić information content (AvgIpc) is 3.07. The highest BCUT2D eigenvalue weighted by molar-refractivity contribution is 14.0. The molecule has 0 saturated heterocycles. The van der Waals surface area contributed by atoms with Crippen LogP contribution in [0.25, 0.3) is 0 Å². The van der Waals surface area contributed by atoms with Crippen LogP contribution < -0.4 is 15.4 Å². The van der Waals surface area contributed by atoms with Crippen LogP contribution in [0.5, 0.6) is 5.75 Å². The summed E-state index contributed by atoms with van der Waals surface area (Å²) in [5.41, 5.74) is 0.785. The van der Waals surface area contributed by atoms with Gasteiger partial charge in [-0.3, -0.25) is 0 Å². The van der Waals surface area contributed by atoms with Gasteiger partial charge in [-0.15, -0.1) is 34.2 Å². The van der Waals surface area contributed by atoms with E-state index in [0.717, 1.165) is 24.4 Å². The lowest BCUT2D eigenvalue weighted by atomic mass is 10.2. The third-order valence-electron chi connectivity index (χ3n) is 3.54. The number of halogens is 3. The van der Waals surface area contributed by atoms with Gasteiger partial charge < -0.3 is 19.9 Å². The summed E-state index contributed by atoms with van der Waals surface area (Å²) < 4.78 is 31.0. The summed E-state index contributed by atoms with van der Waals surface area (Å²) in [4.78, 5) is 4.48. The Labute approximate surface area is 174 Å². The Balaban J connectivity index is 0.00000364. The fourth-order valence-electron chi connectivity index (χ4n) is 2.37. The van der Waals surface area contributed by atoms with Gasteiger partial charge in [-0.2, -0.15) is 8.78 Å². The molecule has 27 heavy (non-hydrogen) atoms. The number of aromatic nitrogens is 3. The SMILES string of the molecule is CCNC(=NCc1cccc(OC(F)F)c1)NCCn1cnnc1CC.I. The van der Waals surface area contributed by atoms with Gasteiger partial charge in [0.2, 0.25) is 0 Å². The number of ether oxygens (including phenoxy) is 1. The van der Waals surface area contributed by atoms with E-state index in [9.17, 15) is 8.78 Å². The van der Waals surface area contributed by atoms with Crippen LogP contribution in [0.2, 0.25) is 0 Å². The Morgan fingerprint density at radius 1 is 1.30 bits per heavy atom. The van der Waals surface area contributed by atoms with Crippen molar-refractivity contribution in [2.75, 3.05) is 13.1 Å². The van der Waals surface area contributed by atoms with E-state index in [1.165, 1.54) is 6.07 Å². The highest BCUT2D eigenvalue weighted by Gasteiger charge is 2.05. The molecule has 0 aliphatic heterocycles. The van der Waals surface area contributed by atoms with Gasteiger partial charge >= 0.3 is 6.61 Å². The van der Waals surface area contributed by atoms with Crippen molar-refractivity contribution in [3.8, 4) is 5.75 Å². The molecule has 2 aromatic rings. The van der Waals surface area contributed by atoms with Crippen LogP contribution in [0.4, 0.5) is 8.78 Å². The predicted molar refractivity (Wildman–Crippen MR) is 111 cm³/mol. The Morgan fingerprint density at radius 2 is 2.11 bits per heavy atom. The molecule has 0 bridgehead atoms. The van der Waals surface area contributed by atoms with Crippen molar-refractivity contribution in [3.05, 3.63) is 42.0 Å². The minimum atomic E-state index is -2.83. The number of aryl methyl sites for hydroxylation is 1. The van der Waals surface area contributed by atoms with E-state index in [1.54, 1.807) is 18.5 Å². The second-order valence-corrected chi connectivity index (χ2v) is 5.44. The summed E-state index contributed by atoms with van der Waals surface area (Å²) in [6.07, 6.45) is 2.53. The molecule has 0 aliphatic rings. The first kappa shape index (κ1) is 23.1. The number of guanidine groups is 1. The van der Waals surface area contributed by atoms with E-state index >= 15 is 0 Å². The minimum Gasteiger partial charge on any atom is -0.435 e. The zero-order valence-electron chi connectivity index (χ0n) is 15.4. The molecule has 0 spiro atoms. The van der Waals surface area contributed by atoms with Gasteiger partial charge in [-0.05, 0) is 24.6 Å². The third kappa shape index (κ3) is 8.06. The molecule has 1 heterocycles.